The lowest BCUT2D eigenvalue weighted by molar-refractivity contribution is 0.390. The van der Waals surface area contributed by atoms with Crippen LogP contribution in [0.4, 0.5) is 0 Å². The molecular weight excluding hydrogens is 346 g/mol. The van der Waals surface area contributed by atoms with Crippen molar-refractivity contribution in [2.45, 2.75) is 24.8 Å². The van der Waals surface area contributed by atoms with Gasteiger partial charge in [0.2, 0.25) is 0 Å². The van der Waals surface area contributed by atoms with E-state index in [4.69, 9.17) is 0 Å². The van der Waals surface area contributed by atoms with E-state index >= 15 is 0 Å². The van der Waals surface area contributed by atoms with Crippen LogP contribution in [0.2, 0.25) is 0 Å². The second-order valence-electron chi connectivity index (χ2n) is 5.74. The number of fused-ring (bicyclic) bond motifs is 2. The van der Waals surface area contributed by atoms with Gasteiger partial charge in [0.1, 0.15) is 0 Å². The Labute approximate surface area is 143 Å². The summed E-state index contributed by atoms with van der Waals surface area (Å²) in [5.41, 5.74) is 1.86. The molecule has 1 aromatic carbocycles. The summed E-state index contributed by atoms with van der Waals surface area (Å²) >= 11 is 1.30. The lowest BCUT2D eigenvalue weighted by atomic mass is 10.0. The smallest absolute Gasteiger partial charge is 0.267 e. The molecule has 0 N–H and O–H groups in total. The van der Waals surface area contributed by atoms with Crippen LogP contribution in [0.5, 0.6) is 0 Å². The van der Waals surface area contributed by atoms with E-state index in [9.17, 15) is 13.2 Å². The fourth-order valence-corrected chi connectivity index (χ4v) is 5.46. The number of aromatic nitrogens is 2. The Morgan fingerprint density at radius 1 is 1.21 bits per heavy atom. The van der Waals surface area contributed by atoms with E-state index in [2.05, 4.69) is 4.98 Å². The predicted octanol–water partition coefficient (Wildman–Crippen LogP) is 1.81. The van der Waals surface area contributed by atoms with Crippen molar-refractivity contribution in [3.05, 3.63) is 63.0 Å². The molecule has 0 saturated heterocycles. The number of thiazole rings is 1. The lowest BCUT2D eigenvalue weighted by Gasteiger charge is -2.28. The average Bonchev–Trinajstić information content (AvgIpc) is 3.02. The number of hydrogen-bond acceptors (Lipinski definition) is 5. The molecular formula is C16H15N3O3S2. The Kier molecular flexibility index (Phi) is 3.56. The third-order valence-corrected chi connectivity index (χ3v) is 7.02. The minimum absolute atomic E-state index is 0.224. The molecule has 0 radical (unpaired) electrons. The Morgan fingerprint density at radius 2 is 1.96 bits per heavy atom. The standard InChI is InChI=1S/C16H15N3O3S2/c1-11-14(15(20)19-8-9-23-16(19)17-11)24(21,22)18-7-6-12-4-2-3-5-13(12)10-18/h2-5,8-9H,6-7,10H2,1H3. The van der Waals surface area contributed by atoms with Crippen molar-refractivity contribution in [3.63, 3.8) is 0 Å². The molecule has 0 aliphatic carbocycles. The van der Waals surface area contributed by atoms with Gasteiger partial charge in [-0.1, -0.05) is 24.3 Å². The normalized spacial score (nSPS) is 15.5. The van der Waals surface area contributed by atoms with E-state index in [1.165, 1.54) is 20.0 Å². The largest absolute Gasteiger partial charge is 0.279 e. The molecule has 0 amide bonds. The van der Waals surface area contributed by atoms with E-state index < -0.39 is 15.6 Å². The number of rotatable bonds is 2. The summed E-state index contributed by atoms with van der Waals surface area (Å²) in [7, 11) is -3.89. The summed E-state index contributed by atoms with van der Waals surface area (Å²) in [5.74, 6) is 0. The van der Waals surface area contributed by atoms with Crippen molar-refractivity contribution in [1.29, 1.82) is 0 Å². The number of benzene rings is 1. The molecule has 24 heavy (non-hydrogen) atoms. The molecule has 0 saturated carbocycles. The van der Waals surface area contributed by atoms with Gasteiger partial charge in [-0.05, 0) is 24.5 Å². The second kappa shape index (κ2) is 5.51. The highest BCUT2D eigenvalue weighted by atomic mass is 32.2. The van der Waals surface area contributed by atoms with Crippen LogP contribution in [0.15, 0.2) is 45.5 Å². The van der Waals surface area contributed by atoms with Gasteiger partial charge in [0.05, 0.1) is 5.69 Å². The van der Waals surface area contributed by atoms with Gasteiger partial charge >= 0.3 is 0 Å². The van der Waals surface area contributed by atoms with Gasteiger partial charge in [0.25, 0.3) is 15.6 Å². The van der Waals surface area contributed by atoms with Crippen molar-refractivity contribution < 1.29 is 8.42 Å². The van der Waals surface area contributed by atoms with Crippen molar-refractivity contribution in [1.82, 2.24) is 13.7 Å². The third kappa shape index (κ3) is 2.29. The summed E-state index contributed by atoms with van der Waals surface area (Å²) in [6.45, 7) is 2.22. The maximum atomic E-state index is 13.1. The maximum absolute atomic E-state index is 13.1. The fraction of sp³-hybridized carbons (Fsp3) is 0.250. The van der Waals surface area contributed by atoms with Crippen molar-refractivity contribution in [2.24, 2.45) is 0 Å². The molecule has 0 unspecified atom stereocenters. The van der Waals surface area contributed by atoms with Gasteiger partial charge in [0, 0.05) is 24.7 Å². The summed E-state index contributed by atoms with van der Waals surface area (Å²) in [6.07, 6.45) is 2.20. The van der Waals surface area contributed by atoms with Gasteiger partial charge < -0.3 is 0 Å². The zero-order valence-corrected chi connectivity index (χ0v) is 14.6. The second-order valence-corrected chi connectivity index (χ2v) is 8.49. The van der Waals surface area contributed by atoms with Crippen molar-refractivity contribution in [3.8, 4) is 0 Å². The van der Waals surface area contributed by atoms with Crippen LogP contribution in [0, 0.1) is 6.92 Å². The molecule has 4 rings (SSSR count). The zero-order valence-electron chi connectivity index (χ0n) is 13.0. The third-order valence-electron chi connectivity index (χ3n) is 4.29. The molecule has 0 fully saturated rings. The predicted molar refractivity (Wildman–Crippen MR) is 91.8 cm³/mol. The Hall–Kier alpha value is -2.03. The first-order valence-electron chi connectivity index (χ1n) is 7.52. The van der Waals surface area contributed by atoms with Gasteiger partial charge in [-0.2, -0.15) is 4.31 Å². The maximum Gasteiger partial charge on any atom is 0.279 e. The molecule has 6 nitrogen and oxygen atoms in total. The molecule has 3 heterocycles. The van der Waals surface area contributed by atoms with E-state index in [1.807, 2.05) is 24.3 Å². The quantitative estimate of drug-likeness (QED) is 0.698. The minimum atomic E-state index is -3.89. The molecule has 0 atom stereocenters. The van der Waals surface area contributed by atoms with Gasteiger partial charge in [0.15, 0.2) is 9.86 Å². The van der Waals surface area contributed by atoms with Crippen LogP contribution in [-0.2, 0) is 23.0 Å². The fourth-order valence-electron chi connectivity index (χ4n) is 3.07. The summed E-state index contributed by atoms with van der Waals surface area (Å²) in [6, 6.07) is 7.79. The lowest BCUT2D eigenvalue weighted by Crippen LogP contribution is -2.39. The molecule has 124 valence electrons. The molecule has 1 aliphatic heterocycles. The topological polar surface area (TPSA) is 71.8 Å². The van der Waals surface area contributed by atoms with Gasteiger partial charge in [-0.3, -0.25) is 9.20 Å². The first kappa shape index (κ1) is 15.5. The number of hydrogen-bond donors (Lipinski definition) is 0. The van der Waals surface area contributed by atoms with Crippen LogP contribution < -0.4 is 5.56 Å². The highest BCUT2D eigenvalue weighted by Crippen LogP contribution is 2.25. The van der Waals surface area contributed by atoms with Crippen LogP contribution >= 0.6 is 11.3 Å². The SMILES string of the molecule is Cc1nc2sccn2c(=O)c1S(=O)(=O)N1CCc2ccccc2C1. The van der Waals surface area contributed by atoms with E-state index in [0.29, 0.717) is 17.9 Å². The van der Waals surface area contributed by atoms with Gasteiger partial charge in [-0.15, -0.1) is 11.3 Å². The monoisotopic (exact) mass is 361 g/mol. The minimum Gasteiger partial charge on any atom is -0.267 e. The molecule has 0 spiro atoms. The summed E-state index contributed by atoms with van der Waals surface area (Å²) in [5, 5.41) is 1.72. The van der Waals surface area contributed by atoms with E-state index in [1.54, 1.807) is 18.5 Å². The average molecular weight is 361 g/mol. The molecule has 2 aromatic heterocycles. The van der Waals surface area contributed by atoms with Gasteiger partial charge in [-0.25, -0.2) is 13.4 Å². The summed E-state index contributed by atoms with van der Waals surface area (Å²) in [4.78, 5) is 17.2. The highest BCUT2D eigenvalue weighted by molar-refractivity contribution is 7.89. The number of aryl methyl sites for hydroxylation is 1. The Bertz CT molecular complexity index is 1100. The first-order valence-corrected chi connectivity index (χ1v) is 9.84. The van der Waals surface area contributed by atoms with Crippen molar-refractivity contribution in [2.75, 3.05) is 6.54 Å². The first-order chi connectivity index (χ1) is 11.5. The van der Waals surface area contributed by atoms with Crippen LogP contribution in [0.1, 0.15) is 16.8 Å². The zero-order chi connectivity index (χ0) is 16.9. The Balaban J connectivity index is 1.83. The number of nitrogens with zero attached hydrogens (tertiary/aromatic N) is 3. The van der Waals surface area contributed by atoms with E-state index in [0.717, 1.165) is 11.1 Å². The number of sulfonamides is 1. The van der Waals surface area contributed by atoms with E-state index in [-0.39, 0.29) is 17.1 Å². The van der Waals surface area contributed by atoms with Crippen molar-refractivity contribution >= 4 is 26.3 Å². The molecule has 0 bridgehead atoms. The summed E-state index contributed by atoms with van der Waals surface area (Å²) < 4.78 is 28.8. The highest BCUT2D eigenvalue weighted by Gasteiger charge is 2.33. The molecule has 1 aliphatic rings. The van der Waals surface area contributed by atoms with Crippen LogP contribution in [0.25, 0.3) is 4.96 Å². The van der Waals surface area contributed by atoms with Crippen LogP contribution in [-0.4, -0.2) is 28.7 Å². The molecule has 8 heteroatoms. The Morgan fingerprint density at radius 3 is 2.75 bits per heavy atom. The van der Waals surface area contributed by atoms with Crippen LogP contribution in [0.3, 0.4) is 0 Å². The molecule has 3 aromatic rings.